The molecule has 0 amide bonds. The zero-order valence-corrected chi connectivity index (χ0v) is 12.9. The summed E-state index contributed by atoms with van der Waals surface area (Å²) in [5.74, 6) is -2.00. The highest BCUT2D eigenvalue weighted by Gasteiger charge is 2.34. The molecule has 0 aromatic heterocycles. The number of hydrogen-bond acceptors (Lipinski definition) is 3. The standard InChI is InChI=1S/C18H17F2NO3/c19-13-7-5-12(6-8-13)16-11-21(9-10-24-16)17(18(22)23)14-3-1-2-4-15(14)20/h1-8,16-17H,9-11H2,(H,22,23). The fourth-order valence-electron chi connectivity index (χ4n) is 2.97. The number of carbonyl (C=O) groups is 1. The van der Waals surface area contributed by atoms with E-state index >= 15 is 0 Å². The summed E-state index contributed by atoms with van der Waals surface area (Å²) < 4.78 is 32.8. The van der Waals surface area contributed by atoms with Crippen LogP contribution < -0.4 is 0 Å². The summed E-state index contributed by atoms with van der Waals surface area (Å²) in [5, 5.41) is 9.60. The van der Waals surface area contributed by atoms with Crippen molar-refractivity contribution in [2.45, 2.75) is 12.1 Å². The number of carboxylic acids is 1. The van der Waals surface area contributed by atoms with Gasteiger partial charge in [0.25, 0.3) is 0 Å². The average molecular weight is 333 g/mol. The SMILES string of the molecule is O=C(O)C(c1ccccc1F)N1CCOC(c2ccc(F)cc2)C1. The Hall–Kier alpha value is -2.31. The number of rotatable bonds is 4. The number of ether oxygens (including phenoxy) is 1. The summed E-state index contributed by atoms with van der Waals surface area (Å²) in [6, 6.07) is 10.7. The minimum atomic E-state index is -1.11. The van der Waals surface area contributed by atoms with E-state index in [1.807, 2.05) is 0 Å². The van der Waals surface area contributed by atoms with Gasteiger partial charge in [0.2, 0.25) is 0 Å². The largest absolute Gasteiger partial charge is 0.480 e. The number of nitrogens with zero attached hydrogens (tertiary/aromatic N) is 1. The van der Waals surface area contributed by atoms with Crippen LogP contribution >= 0.6 is 0 Å². The van der Waals surface area contributed by atoms with Crippen LogP contribution in [0.5, 0.6) is 0 Å². The third-order valence-corrected chi connectivity index (χ3v) is 4.14. The molecule has 3 rings (SSSR count). The average Bonchev–Trinajstić information content (AvgIpc) is 2.57. The predicted molar refractivity (Wildman–Crippen MR) is 83.4 cm³/mol. The minimum absolute atomic E-state index is 0.129. The molecule has 24 heavy (non-hydrogen) atoms. The lowest BCUT2D eigenvalue weighted by molar-refractivity contribution is -0.147. The highest BCUT2D eigenvalue weighted by Crippen LogP contribution is 2.30. The van der Waals surface area contributed by atoms with E-state index in [9.17, 15) is 18.7 Å². The Morgan fingerprint density at radius 3 is 2.54 bits per heavy atom. The van der Waals surface area contributed by atoms with Gasteiger partial charge in [-0.2, -0.15) is 0 Å². The molecule has 2 unspecified atom stereocenters. The van der Waals surface area contributed by atoms with Crippen molar-refractivity contribution in [2.24, 2.45) is 0 Å². The Kier molecular flexibility index (Phi) is 4.87. The molecule has 0 saturated carbocycles. The minimum Gasteiger partial charge on any atom is -0.480 e. The monoisotopic (exact) mass is 333 g/mol. The Morgan fingerprint density at radius 2 is 1.88 bits per heavy atom. The molecular weight excluding hydrogens is 316 g/mol. The topological polar surface area (TPSA) is 49.8 Å². The van der Waals surface area contributed by atoms with E-state index in [1.165, 1.54) is 30.3 Å². The van der Waals surface area contributed by atoms with Gasteiger partial charge in [-0.3, -0.25) is 9.69 Å². The number of aliphatic carboxylic acids is 1. The maximum atomic E-state index is 14.1. The van der Waals surface area contributed by atoms with E-state index in [1.54, 1.807) is 23.1 Å². The van der Waals surface area contributed by atoms with E-state index in [0.29, 0.717) is 13.2 Å². The summed E-state index contributed by atoms with van der Waals surface area (Å²) in [4.78, 5) is 13.4. The first kappa shape index (κ1) is 16.5. The molecule has 0 spiro atoms. The van der Waals surface area contributed by atoms with Gasteiger partial charge in [0.05, 0.1) is 12.7 Å². The Labute approximate surface area is 138 Å². The van der Waals surface area contributed by atoms with Crippen LogP contribution in [0.3, 0.4) is 0 Å². The van der Waals surface area contributed by atoms with Crippen molar-refractivity contribution in [2.75, 3.05) is 19.7 Å². The molecule has 4 nitrogen and oxygen atoms in total. The van der Waals surface area contributed by atoms with Gasteiger partial charge in [-0.25, -0.2) is 8.78 Å². The molecule has 126 valence electrons. The van der Waals surface area contributed by atoms with Gasteiger partial charge in [-0.1, -0.05) is 30.3 Å². The van der Waals surface area contributed by atoms with Crippen LogP contribution in [0.15, 0.2) is 48.5 Å². The van der Waals surface area contributed by atoms with Gasteiger partial charge in [0, 0.05) is 18.7 Å². The third-order valence-electron chi connectivity index (χ3n) is 4.14. The molecule has 1 aliphatic rings. The molecule has 1 saturated heterocycles. The van der Waals surface area contributed by atoms with Crippen LogP contribution in [-0.4, -0.2) is 35.7 Å². The number of hydrogen-bond donors (Lipinski definition) is 1. The van der Waals surface area contributed by atoms with E-state index in [-0.39, 0.29) is 24.0 Å². The van der Waals surface area contributed by atoms with E-state index in [2.05, 4.69) is 0 Å². The first-order valence-electron chi connectivity index (χ1n) is 7.64. The van der Waals surface area contributed by atoms with Crippen molar-refractivity contribution in [3.63, 3.8) is 0 Å². The quantitative estimate of drug-likeness (QED) is 0.934. The van der Waals surface area contributed by atoms with Gasteiger partial charge in [-0.05, 0) is 23.8 Å². The first-order chi connectivity index (χ1) is 11.6. The van der Waals surface area contributed by atoms with Gasteiger partial charge in [0.1, 0.15) is 17.7 Å². The summed E-state index contributed by atoms with van der Waals surface area (Å²) in [6.45, 7) is 0.986. The highest BCUT2D eigenvalue weighted by atomic mass is 19.1. The molecule has 1 heterocycles. The van der Waals surface area contributed by atoms with Crippen molar-refractivity contribution in [1.82, 2.24) is 4.90 Å². The van der Waals surface area contributed by atoms with Gasteiger partial charge in [0.15, 0.2) is 0 Å². The van der Waals surface area contributed by atoms with Crippen molar-refractivity contribution < 1.29 is 23.4 Å². The second kappa shape index (κ2) is 7.07. The lowest BCUT2D eigenvalue weighted by Gasteiger charge is -2.36. The smallest absolute Gasteiger partial charge is 0.325 e. The molecule has 1 aliphatic heterocycles. The fraction of sp³-hybridized carbons (Fsp3) is 0.278. The lowest BCUT2D eigenvalue weighted by Crippen LogP contribution is -2.43. The van der Waals surface area contributed by atoms with E-state index in [4.69, 9.17) is 4.74 Å². The van der Waals surface area contributed by atoms with Crippen molar-refractivity contribution in [1.29, 1.82) is 0 Å². The van der Waals surface area contributed by atoms with E-state index < -0.39 is 17.8 Å². The van der Waals surface area contributed by atoms with Crippen LogP contribution in [0.25, 0.3) is 0 Å². The summed E-state index contributed by atoms with van der Waals surface area (Å²) in [5.41, 5.74) is 0.892. The van der Waals surface area contributed by atoms with Crippen LogP contribution in [-0.2, 0) is 9.53 Å². The fourth-order valence-corrected chi connectivity index (χ4v) is 2.97. The maximum Gasteiger partial charge on any atom is 0.325 e. The Balaban J connectivity index is 1.85. The van der Waals surface area contributed by atoms with Gasteiger partial charge >= 0.3 is 5.97 Å². The van der Waals surface area contributed by atoms with Crippen LogP contribution in [0, 0.1) is 11.6 Å². The molecule has 0 radical (unpaired) electrons. The number of halogens is 2. The number of morpholine rings is 1. The lowest BCUT2D eigenvalue weighted by atomic mass is 10.0. The molecule has 0 bridgehead atoms. The summed E-state index contributed by atoms with van der Waals surface area (Å²) in [7, 11) is 0. The normalized spacial score (nSPS) is 19.8. The molecule has 1 N–H and O–H groups in total. The molecule has 2 atom stereocenters. The predicted octanol–water partition coefficient (Wildman–Crippen LogP) is 3.16. The van der Waals surface area contributed by atoms with Crippen LogP contribution in [0.4, 0.5) is 8.78 Å². The first-order valence-corrected chi connectivity index (χ1v) is 7.64. The third kappa shape index (κ3) is 3.44. The van der Waals surface area contributed by atoms with E-state index in [0.717, 1.165) is 5.56 Å². The molecule has 2 aromatic carbocycles. The van der Waals surface area contributed by atoms with Crippen LogP contribution in [0.2, 0.25) is 0 Å². The molecule has 1 fully saturated rings. The van der Waals surface area contributed by atoms with Gasteiger partial charge < -0.3 is 9.84 Å². The summed E-state index contributed by atoms with van der Waals surface area (Å²) in [6.07, 6.45) is -0.382. The zero-order chi connectivity index (χ0) is 17.1. The molecule has 0 aliphatic carbocycles. The van der Waals surface area contributed by atoms with Crippen molar-refractivity contribution in [3.05, 3.63) is 71.3 Å². The molecular formula is C18H17F2NO3. The van der Waals surface area contributed by atoms with Gasteiger partial charge in [-0.15, -0.1) is 0 Å². The summed E-state index contributed by atoms with van der Waals surface area (Å²) >= 11 is 0. The molecule has 2 aromatic rings. The van der Waals surface area contributed by atoms with Crippen molar-refractivity contribution in [3.8, 4) is 0 Å². The van der Waals surface area contributed by atoms with Crippen LogP contribution in [0.1, 0.15) is 23.3 Å². The number of carboxylic acid groups (broad SMARTS) is 1. The zero-order valence-electron chi connectivity index (χ0n) is 12.9. The second-order valence-electron chi connectivity index (χ2n) is 5.67. The van der Waals surface area contributed by atoms with Crippen molar-refractivity contribution >= 4 is 5.97 Å². The number of benzene rings is 2. The Morgan fingerprint density at radius 1 is 1.17 bits per heavy atom. The maximum absolute atomic E-state index is 14.1. The Bertz CT molecular complexity index is 720. The molecule has 6 heteroatoms. The highest BCUT2D eigenvalue weighted by molar-refractivity contribution is 5.75. The second-order valence-corrected chi connectivity index (χ2v) is 5.67.